The summed E-state index contributed by atoms with van der Waals surface area (Å²) in [5.41, 5.74) is 3.22. The van der Waals surface area contributed by atoms with Gasteiger partial charge in [0.05, 0.1) is 10.7 Å². The third kappa shape index (κ3) is 5.08. The molecule has 2 aromatic rings. The Bertz CT molecular complexity index is 760. The van der Waals surface area contributed by atoms with Gasteiger partial charge < -0.3 is 5.32 Å². The number of hydrogen-bond acceptors (Lipinski definition) is 4. The number of thioether (sulfide) groups is 1. The van der Waals surface area contributed by atoms with Crippen LogP contribution in [0.15, 0.2) is 47.4 Å². The normalized spacial score (nSPS) is 11.0. The lowest BCUT2D eigenvalue weighted by molar-refractivity contribution is -0.384. The van der Waals surface area contributed by atoms with Gasteiger partial charge in [-0.25, -0.2) is 0 Å². The van der Waals surface area contributed by atoms with Crippen LogP contribution in [0.5, 0.6) is 0 Å². The minimum absolute atomic E-state index is 0.0474. The number of carbonyl (C=O) groups is 1. The average molecular weight is 372 g/mol. The van der Waals surface area contributed by atoms with Crippen molar-refractivity contribution < 1.29 is 9.72 Å². The van der Waals surface area contributed by atoms with Gasteiger partial charge in [-0.3, -0.25) is 14.9 Å². The zero-order valence-corrected chi connectivity index (χ0v) is 16.3. The highest BCUT2D eigenvalue weighted by Gasteiger charge is 2.16. The molecule has 0 aliphatic carbocycles. The summed E-state index contributed by atoms with van der Waals surface area (Å²) in [6, 6.07) is 12.4. The number of carbonyl (C=O) groups excluding carboxylic acids is 1. The number of non-ortho nitro benzene ring substituents is 1. The van der Waals surface area contributed by atoms with E-state index in [1.807, 2.05) is 6.07 Å². The van der Waals surface area contributed by atoms with Crippen LogP contribution in [-0.4, -0.2) is 16.6 Å². The molecule has 138 valence electrons. The summed E-state index contributed by atoms with van der Waals surface area (Å²) >= 11 is 1.36. The van der Waals surface area contributed by atoms with E-state index in [0.29, 0.717) is 11.8 Å². The Balaban J connectivity index is 2.09. The molecule has 0 radical (unpaired) electrons. The number of para-hydroxylation sites is 1. The van der Waals surface area contributed by atoms with Crippen molar-refractivity contribution in [3.63, 3.8) is 0 Å². The maximum atomic E-state index is 12.5. The molecule has 1 amide bonds. The molecule has 0 unspecified atom stereocenters. The van der Waals surface area contributed by atoms with Crippen LogP contribution in [0.25, 0.3) is 0 Å². The first-order valence-corrected chi connectivity index (χ1v) is 9.58. The van der Waals surface area contributed by atoms with E-state index in [-0.39, 0.29) is 17.3 Å². The lowest BCUT2D eigenvalue weighted by Crippen LogP contribution is -2.17. The summed E-state index contributed by atoms with van der Waals surface area (Å²) in [5, 5.41) is 13.8. The fraction of sp³-hybridized carbons (Fsp3) is 0.350. The smallest absolute Gasteiger partial charge is 0.269 e. The first kappa shape index (κ1) is 20.0. The van der Waals surface area contributed by atoms with Crippen molar-refractivity contribution >= 4 is 29.0 Å². The molecule has 6 heteroatoms. The minimum atomic E-state index is -0.433. The van der Waals surface area contributed by atoms with Gasteiger partial charge in [-0.15, -0.1) is 11.8 Å². The van der Waals surface area contributed by atoms with Crippen molar-refractivity contribution in [1.29, 1.82) is 0 Å². The summed E-state index contributed by atoms with van der Waals surface area (Å²) in [5.74, 6) is 0.794. The van der Waals surface area contributed by atoms with Crippen LogP contribution in [-0.2, 0) is 4.79 Å². The van der Waals surface area contributed by atoms with Gasteiger partial charge in [-0.05, 0) is 35.1 Å². The predicted molar refractivity (Wildman–Crippen MR) is 107 cm³/mol. The number of rotatable bonds is 7. The highest BCUT2D eigenvalue weighted by atomic mass is 32.2. The average Bonchev–Trinajstić information content (AvgIpc) is 2.60. The Labute approximate surface area is 158 Å². The molecule has 0 aromatic heterocycles. The molecule has 0 aliphatic heterocycles. The molecular formula is C20H24N2O3S. The van der Waals surface area contributed by atoms with E-state index >= 15 is 0 Å². The highest BCUT2D eigenvalue weighted by molar-refractivity contribution is 8.00. The second-order valence-electron chi connectivity index (χ2n) is 6.71. The van der Waals surface area contributed by atoms with E-state index in [1.54, 1.807) is 12.1 Å². The van der Waals surface area contributed by atoms with Gasteiger partial charge in [-0.2, -0.15) is 0 Å². The number of nitro groups is 1. The molecule has 0 aliphatic rings. The second-order valence-corrected chi connectivity index (χ2v) is 7.76. The van der Waals surface area contributed by atoms with Gasteiger partial charge in [-0.1, -0.05) is 45.9 Å². The number of anilines is 1. The molecule has 2 rings (SSSR count). The Morgan fingerprint density at radius 2 is 1.58 bits per heavy atom. The maximum Gasteiger partial charge on any atom is 0.269 e. The molecule has 0 spiro atoms. The molecule has 0 heterocycles. The van der Waals surface area contributed by atoms with E-state index < -0.39 is 4.92 Å². The van der Waals surface area contributed by atoms with Crippen molar-refractivity contribution in [2.75, 3.05) is 11.1 Å². The number of amides is 1. The van der Waals surface area contributed by atoms with Crippen molar-refractivity contribution in [2.45, 2.75) is 44.4 Å². The predicted octanol–water partition coefficient (Wildman–Crippen LogP) is 5.57. The molecule has 0 saturated carbocycles. The van der Waals surface area contributed by atoms with Crippen LogP contribution >= 0.6 is 11.8 Å². The molecular weight excluding hydrogens is 348 g/mol. The fourth-order valence-electron chi connectivity index (χ4n) is 2.68. The summed E-state index contributed by atoms with van der Waals surface area (Å²) < 4.78 is 0. The monoisotopic (exact) mass is 372 g/mol. The lowest BCUT2D eigenvalue weighted by atomic mass is 9.92. The zero-order chi connectivity index (χ0) is 19.3. The molecule has 0 atom stereocenters. The minimum Gasteiger partial charge on any atom is -0.325 e. The van der Waals surface area contributed by atoms with Gasteiger partial charge in [0, 0.05) is 22.7 Å². The second kappa shape index (κ2) is 8.85. The highest BCUT2D eigenvalue weighted by Crippen LogP contribution is 2.32. The van der Waals surface area contributed by atoms with E-state index in [4.69, 9.17) is 0 Å². The Morgan fingerprint density at radius 1 is 1.04 bits per heavy atom. The Kier molecular flexibility index (Phi) is 6.80. The Morgan fingerprint density at radius 3 is 2.04 bits per heavy atom. The summed E-state index contributed by atoms with van der Waals surface area (Å²) in [4.78, 5) is 23.6. The van der Waals surface area contributed by atoms with Gasteiger partial charge in [0.1, 0.15) is 0 Å². The summed E-state index contributed by atoms with van der Waals surface area (Å²) in [6.45, 7) is 8.45. The topological polar surface area (TPSA) is 72.2 Å². The van der Waals surface area contributed by atoms with E-state index in [1.165, 1.54) is 23.9 Å². The molecule has 2 aromatic carbocycles. The van der Waals surface area contributed by atoms with E-state index in [0.717, 1.165) is 21.7 Å². The first-order chi connectivity index (χ1) is 12.3. The van der Waals surface area contributed by atoms with Crippen LogP contribution in [0.1, 0.15) is 50.7 Å². The number of hydrogen-bond donors (Lipinski definition) is 1. The first-order valence-electron chi connectivity index (χ1n) is 8.59. The number of nitrogens with zero attached hydrogens (tertiary/aromatic N) is 1. The third-order valence-electron chi connectivity index (χ3n) is 4.05. The van der Waals surface area contributed by atoms with E-state index in [2.05, 4.69) is 45.1 Å². The van der Waals surface area contributed by atoms with E-state index in [9.17, 15) is 14.9 Å². The number of nitrogens with one attached hydrogen (secondary N) is 1. The fourth-order valence-corrected chi connectivity index (χ4v) is 3.38. The van der Waals surface area contributed by atoms with Crippen LogP contribution in [0, 0.1) is 10.1 Å². The van der Waals surface area contributed by atoms with Gasteiger partial charge in [0.25, 0.3) is 5.69 Å². The maximum absolute atomic E-state index is 12.5. The molecule has 1 N–H and O–H groups in total. The van der Waals surface area contributed by atoms with Crippen LogP contribution < -0.4 is 5.32 Å². The zero-order valence-electron chi connectivity index (χ0n) is 15.5. The molecule has 0 saturated heterocycles. The molecule has 5 nitrogen and oxygen atoms in total. The van der Waals surface area contributed by atoms with Crippen LogP contribution in [0.2, 0.25) is 0 Å². The molecule has 0 fully saturated rings. The number of nitro benzene ring substituents is 1. The summed E-state index contributed by atoms with van der Waals surface area (Å²) in [6.07, 6.45) is 0. The van der Waals surface area contributed by atoms with Crippen LogP contribution in [0.4, 0.5) is 11.4 Å². The standard InChI is InChI=1S/C20H24N2O3S/c1-13(2)17-6-5-7-18(14(3)4)20(17)21-19(23)12-26-16-10-8-15(9-11-16)22(24)25/h5-11,13-14H,12H2,1-4H3,(H,21,23). The van der Waals surface area contributed by atoms with Crippen molar-refractivity contribution in [2.24, 2.45) is 0 Å². The van der Waals surface area contributed by atoms with Crippen molar-refractivity contribution in [3.05, 3.63) is 63.7 Å². The van der Waals surface area contributed by atoms with Crippen molar-refractivity contribution in [1.82, 2.24) is 0 Å². The SMILES string of the molecule is CC(C)c1cccc(C(C)C)c1NC(=O)CSc1ccc([N+](=O)[O-])cc1. The lowest BCUT2D eigenvalue weighted by Gasteiger charge is -2.20. The Hall–Kier alpha value is -2.34. The largest absolute Gasteiger partial charge is 0.325 e. The van der Waals surface area contributed by atoms with Crippen molar-refractivity contribution in [3.8, 4) is 0 Å². The molecule has 0 bridgehead atoms. The number of benzene rings is 2. The molecule has 26 heavy (non-hydrogen) atoms. The van der Waals surface area contributed by atoms with Gasteiger partial charge >= 0.3 is 0 Å². The van der Waals surface area contributed by atoms with Crippen LogP contribution in [0.3, 0.4) is 0 Å². The third-order valence-corrected chi connectivity index (χ3v) is 5.07. The quantitative estimate of drug-likeness (QED) is 0.392. The summed E-state index contributed by atoms with van der Waals surface area (Å²) in [7, 11) is 0. The van der Waals surface area contributed by atoms with Gasteiger partial charge in [0.2, 0.25) is 5.91 Å². The van der Waals surface area contributed by atoms with Gasteiger partial charge in [0.15, 0.2) is 0 Å².